The van der Waals surface area contributed by atoms with E-state index in [1.54, 1.807) is 42.6 Å². The smallest absolute Gasteiger partial charge is 0.262 e. The molecule has 6 nitrogen and oxygen atoms in total. The van der Waals surface area contributed by atoms with Gasteiger partial charge in [-0.1, -0.05) is 17.7 Å². The Labute approximate surface area is 163 Å². The minimum absolute atomic E-state index is 0.0800. The number of nitrogens with one attached hydrogen (secondary N) is 2. The lowest BCUT2D eigenvalue weighted by Gasteiger charge is -2.11. The van der Waals surface area contributed by atoms with Gasteiger partial charge in [0.15, 0.2) is 6.61 Å². The molecule has 2 aromatic carbocycles. The van der Waals surface area contributed by atoms with Crippen LogP contribution in [0.4, 0.5) is 11.4 Å². The number of pyridine rings is 1. The van der Waals surface area contributed by atoms with Crippen LogP contribution in [-0.4, -0.2) is 23.4 Å². The molecule has 1 aromatic heterocycles. The molecule has 0 fully saturated rings. The molecule has 3 aromatic rings. The quantitative estimate of drug-likeness (QED) is 0.683. The number of rotatable bonds is 6. The molecule has 0 aliphatic carbocycles. The summed E-state index contributed by atoms with van der Waals surface area (Å²) in [4.78, 5) is 28.1. The van der Waals surface area contributed by atoms with E-state index in [2.05, 4.69) is 15.6 Å². The molecule has 0 spiro atoms. The summed E-state index contributed by atoms with van der Waals surface area (Å²) >= 11 is 0. The SMILES string of the molecule is Cc1ccc(OCC(=O)Nc2ccc(NC(=O)c3cccnc3)cc2)c(C)c1. The summed E-state index contributed by atoms with van der Waals surface area (Å²) in [6, 6.07) is 16.1. The number of aromatic nitrogens is 1. The van der Waals surface area contributed by atoms with Gasteiger partial charge in [0.25, 0.3) is 11.8 Å². The maximum absolute atomic E-state index is 12.1. The van der Waals surface area contributed by atoms with Crippen LogP contribution < -0.4 is 15.4 Å². The maximum Gasteiger partial charge on any atom is 0.262 e. The number of benzene rings is 2. The number of amides is 2. The lowest BCUT2D eigenvalue weighted by atomic mass is 10.1. The molecule has 3 rings (SSSR count). The van der Waals surface area contributed by atoms with Gasteiger partial charge >= 0.3 is 0 Å². The predicted molar refractivity (Wildman–Crippen MR) is 109 cm³/mol. The van der Waals surface area contributed by atoms with Crippen LogP contribution in [0.1, 0.15) is 21.5 Å². The van der Waals surface area contributed by atoms with Gasteiger partial charge in [0.2, 0.25) is 0 Å². The standard InChI is InChI=1S/C22H21N3O3/c1-15-5-10-20(16(2)12-15)28-14-21(26)24-18-6-8-19(9-7-18)25-22(27)17-4-3-11-23-13-17/h3-13H,14H2,1-2H3,(H,24,26)(H,25,27). The first-order valence-corrected chi connectivity index (χ1v) is 8.82. The number of aryl methyl sites for hydroxylation is 2. The summed E-state index contributed by atoms with van der Waals surface area (Å²) in [6.45, 7) is 3.87. The largest absolute Gasteiger partial charge is 0.483 e. The first-order chi connectivity index (χ1) is 13.5. The molecule has 0 atom stereocenters. The zero-order valence-corrected chi connectivity index (χ0v) is 15.7. The normalized spacial score (nSPS) is 10.2. The second kappa shape index (κ2) is 8.81. The van der Waals surface area contributed by atoms with Gasteiger partial charge in [-0.05, 0) is 61.9 Å². The molecular formula is C22H21N3O3. The Hall–Kier alpha value is -3.67. The fourth-order valence-corrected chi connectivity index (χ4v) is 2.64. The molecule has 0 aliphatic heterocycles. The van der Waals surface area contributed by atoms with Crippen LogP contribution in [0.3, 0.4) is 0 Å². The highest BCUT2D eigenvalue weighted by Crippen LogP contribution is 2.19. The van der Waals surface area contributed by atoms with Gasteiger partial charge in [0, 0.05) is 23.8 Å². The minimum Gasteiger partial charge on any atom is -0.483 e. The number of anilines is 2. The van der Waals surface area contributed by atoms with Crippen LogP contribution in [0.25, 0.3) is 0 Å². The number of hydrogen-bond donors (Lipinski definition) is 2. The van der Waals surface area contributed by atoms with E-state index >= 15 is 0 Å². The lowest BCUT2D eigenvalue weighted by Crippen LogP contribution is -2.20. The highest BCUT2D eigenvalue weighted by atomic mass is 16.5. The van der Waals surface area contributed by atoms with Crippen LogP contribution in [0.5, 0.6) is 5.75 Å². The van der Waals surface area contributed by atoms with E-state index < -0.39 is 0 Å². The summed E-state index contributed by atoms with van der Waals surface area (Å²) < 4.78 is 5.58. The molecule has 2 amide bonds. The Balaban J connectivity index is 1.52. The number of carbonyl (C=O) groups excluding carboxylic acids is 2. The van der Waals surface area contributed by atoms with Crippen molar-refractivity contribution in [3.63, 3.8) is 0 Å². The van der Waals surface area contributed by atoms with E-state index in [1.165, 1.54) is 6.20 Å². The summed E-state index contributed by atoms with van der Waals surface area (Å²) in [5.74, 6) is 0.188. The van der Waals surface area contributed by atoms with Gasteiger partial charge in [-0.3, -0.25) is 14.6 Å². The molecule has 142 valence electrons. The van der Waals surface area contributed by atoms with Gasteiger partial charge in [0.1, 0.15) is 5.75 Å². The van der Waals surface area contributed by atoms with Crippen LogP contribution >= 0.6 is 0 Å². The summed E-state index contributed by atoms with van der Waals surface area (Å²) in [5, 5.41) is 5.55. The van der Waals surface area contributed by atoms with Gasteiger partial charge in [-0.15, -0.1) is 0 Å². The van der Waals surface area contributed by atoms with Crippen molar-refractivity contribution in [3.05, 3.63) is 83.7 Å². The third-order valence-corrected chi connectivity index (χ3v) is 4.04. The number of carbonyl (C=O) groups is 2. The molecule has 6 heteroatoms. The third kappa shape index (κ3) is 5.17. The minimum atomic E-state index is -0.257. The fraction of sp³-hybridized carbons (Fsp3) is 0.136. The van der Waals surface area contributed by atoms with Crippen LogP contribution in [-0.2, 0) is 4.79 Å². The van der Waals surface area contributed by atoms with E-state index in [1.807, 2.05) is 32.0 Å². The van der Waals surface area contributed by atoms with E-state index in [4.69, 9.17) is 4.74 Å². The number of ether oxygens (including phenoxy) is 1. The zero-order chi connectivity index (χ0) is 19.9. The zero-order valence-electron chi connectivity index (χ0n) is 15.7. The Kier molecular flexibility index (Phi) is 6.01. The van der Waals surface area contributed by atoms with Gasteiger partial charge in [-0.2, -0.15) is 0 Å². The first-order valence-electron chi connectivity index (χ1n) is 8.82. The fourth-order valence-electron chi connectivity index (χ4n) is 2.64. The summed E-state index contributed by atoms with van der Waals surface area (Å²) in [5.41, 5.74) is 3.85. The molecule has 0 radical (unpaired) electrons. The monoisotopic (exact) mass is 375 g/mol. The van der Waals surface area contributed by atoms with Crippen molar-refractivity contribution >= 4 is 23.2 Å². The molecule has 28 heavy (non-hydrogen) atoms. The molecule has 0 bridgehead atoms. The van der Waals surface area contributed by atoms with Crippen molar-refractivity contribution in [1.82, 2.24) is 4.98 Å². The van der Waals surface area contributed by atoms with Gasteiger partial charge < -0.3 is 15.4 Å². The molecule has 0 aliphatic rings. The highest BCUT2D eigenvalue weighted by Gasteiger charge is 2.08. The lowest BCUT2D eigenvalue weighted by molar-refractivity contribution is -0.118. The van der Waals surface area contributed by atoms with Crippen molar-refractivity contribution in [3.8, 4) is 5.75 Å². The topological polar surface area (TPSA) is 80.3 Å². The number of hydrogen-bond acceptors (Lipinski definition) is 4. The molecule has 2 N–H and O–H groups in total. The second-order valence-corrected chi connectivity index (χ2v) is 6.38. The van der Waals surface area contributed by atoms with Gasteiger partial charge in [0.05, 0.1) is 5.56 Å². The average molecular weight is 375 g/mol. The van der Waals surface area contributed by atoms with E-state index in [0.717, 1.165) is 11.1 Å². The molecule has 0 unspecified atom stereocenters. The Morgan fingerprint density at radius 3 is 2.32 bits per heavy atom. The Morgan fingerprint density at radius 1 is 0.964 bits per heavy atom. The van der Waals surface area contributed by atoms with Crippen molar-refractivity contribution in [1.29, 1.82) is 0 Å². The third-order valence-electron chi connectivity index (χ3n) is 4.04. The van der Waals surface area contributed by atoms with Crippen molar-refractivity contribution < 1.29 is 14.3 Å². The number of nitrogens with zero attached hydrogens (tertiary/aromatic N) is 1. The molecule has 1 heterocycles. The predicted octanol–water partition coefficient (Wildman–Crippen LogP) is 3.97. The van der Waals surface area contributed by atoms with Crippen LogP contribution in [0, 0.1) is 13.8 Å². The Morgan fingerprint density at radius 2 is 1.68 bits per heavy atom. The summed E-state index contributed by atoms with van der Waals surface area (Å²) in [6.07, 6.45) is 3.11. The van der Waals surface area contributed by atoms with Crippen LogP contribution in [0.15, 0.2) is 67.0 Å². The van der Waals surface area contributed by atoms with Crippen molar-refractivity contribution in [2.45, 2.75) is 13.8 Å². The average Bonchev–Trinajstić information content (AvgIpc) is 2.69. The maximum atomic E-state index is 12.1. The van der Waals surface area contributed by atoms with Crippen LogP contribution in [0.2, 0.25) is 0 Å². The van der Waals surface area contributed by atoms with E-state index in [9.17, 15) is 9.59 Å². The highest BCUT2D eigenvalue weighted by molar-refractivity contribution is 6.04. The Bertz CT molecular complexity index is 970. The van der Waals surface area contributed by atoms with Gasteiger partial charge in [-0.25, -0.2) is 0 Å². The first kappa shape index (κ1) is 19.1. The second-order valence-electron chi connectivity index (χ2n) is 6.38. The summed E-state index contributed by atoms with van der Waals surface area (Å²) in [7, 11) is 0. The van der Waals surface area contributed by atoms with Crippen molar-refractivity contribution in [2.75, 3.05) is 17.2 Å². The van der Waals surface area contributed by atoms with Crippen molar-refractivity contribution in [2.24, 2.45) is 0 Å². The van der Waals surface area contributed by atoms with E-state index in [0.29, 0.717) is 22.7 Å². The molecular weight excluding hydrogens is 354 g/mol. The molecule has 0 saturated heterocycles. The van der Waals surface area contributed by atoms with E-state index in [-0.39, 0.29) is 18.4 Å². The molecule has 0 saturated carbocycles.